The van der Waals surface area contributed by atoms with Crippen LogP contribution in [-0.2, 0) is 0 Å². The lowest BCUT2D eigenvalue weighted by Gasteiger charge is -2.14. The minimum absolute atomic E-state index is 0.0637. The summed E-state index contributed by atoms with van der Waals surface area (Å²) in [4.78, 5) is 15.1. The minimum Gasteiger partial charge on any atom is -0.355 e. The second-order valence-corrected chi connectivity index (χ2v) is 6.86. The van der Waals surface area contributed by atoms with Gasteiger partial charge in [0.1, 0.15) is 0 Å². The van der Waals surface area contributed by atoms with E-state index >= 15 is 0 Å². The van der Waals surface area contributed by atoms with Crippen molar-refractivity contribution >= 4 is 28.8 Å². The number of hydrogen-bond donors (Lipinski definition) is 1. The molecule has 1 aliphatic rings. The summed E-state index contributed by atoms with van der Waals surface area (Å²) in [5.74, 6) is 1.04. The summed E-state index contributed by atoms with van der Waals surface area (Å²) in [5, 5.41) is 7.05. The first-order valence-corrected chi connectivity index (χ1v) is 8.03. The molecule has 0 bridgehead atoms. The minimum atomic E-state index is -0.0637. The summed E-state index contributed by atoms with van der Waals surface area (Å²) in [7, 11) is 1.93. The van der Waals surface area contributed by atoms with Crippen LogP contribution in [0.1, 0.15) is 16.9 Å². The predicted octanol–water partition coefficient (Wildman–Crippen LogP) is 2.74. The van der Waals surface area contributed by atoms with Gasteiger partial charge in [0.15, 0.2) is 11.5 Å². The van der Waals surface area contributed by atoms with Crippen LogP contribution in [0.3, 0.4) is 0 Å². The zero-order chi connectivity index (χ0) is 14.8. The number of nitrogens with zero attached hydrogens (tertiary/aromatic N) is 2. The molecule has 0 spiro atoms. The molecule has 0 aromatic carbocycles. The number of carbonyl (C=O) groups excluding carboxylic acids is 1. The van der Waals surface area contributed by atoms with Gasteiger partial charge in [-0.05, 0) is 38.1 Å². The van der Waals surface area contributed by atoms with E-state index < -0.39 is 0 Å². The monoisotopic (exact) mass is 325 g/mol. The van der Waals surface area contributed by atoms with E-state index in [0.717, 1.165) is 30.9 Å². The molecular weight excluding hydrogens is 310 g/mol. The molecule has 1 unspecified atom stereocenters. The summed E-state index contributed by atoms with van der Waals surface area (Å²) in [6.45, 7) is 2.48. The van der Waals surface area contributed by atoms with Gasteiger partial charge in [-0.1, -0.05) is 16.8 Å². The summed E-state index contributed by atoms with van der Waals surface area (Å²) in [6, 6.07) is 5.35. The Hall–Kier alpha value is -1.37. The van der Waals surface area contributed by atoms with E-state index in [1.54, 1.807) is 12.1 Å². The Bertz CT molecular complexity index is 640. The molecule has 0 radical (unpaired) electrons. The second-order valence-electron chi connectivity index (χ2n) is 5.14. The first-order valence-electron chi connectivity index (χ1n) is 6.83. The molecule has 1 saturated heterocycles. The zero-order valence-electron chi connectivity index (χ0n) is 11.6. The molecule has 0 aliphatic carbocycles. The van der Waals surface area contributed by atoms with Gasteiger partial charge < -0.3 is 14.7 Å². The van der Waals surface area contributed by atoms with Gasteiger partial charge in [-0.25, -0.2) is 0 Å². The summed E-state index contributed by atoms with van der Waals surface area (Å²) in [5.41, 5.74) is 0.361. The average Bonchev–Trinajstić information content (AvgIpc) is 3.17. The summed E-state index contributed by atoms with van der Waals surface area (Å²) < 4.78 is 5.95. The second kappa shape index (κ2) is 6.17. The van der Waals surface area contributed by atoms with E-state index in [4.69, 9.17) is 16.1 Å². The lowest BCUT2D eigenvalue weighted by atomic mass is 10.1. The molecule has 1 aliphatic heterocycles. The van der Waals surface area contributed by atoms with E-state index in [-0.39, 0.29) is 5.91 Å². The molecule has 3 rings (SSSR count). The number of hydrogen-bond acceptors (Lipinski definition) is 5. The van der Waals surface area contributed by atoms with E-state index in [2.05, 4.69) is 10.5 Å². The third kappa shape index (κ3) is 3.12. The highest BCUT2D eigenvalue weighted by atomic mass is 35.5. The Morgan fingerprint density at radius 3 is 3.19 bits per heavy atom. The molecule has 112 valence electrons. The van der Waals surface area contributed by atoms with Crippen molar-refractivity contribution in [1.82, 2.24) is 15.4 Å². The van der Waals surface area contributed by atoms with Gasteiger partial charge in [0, 0.05) is 19.2 Å². The number of thiophene rings is 1. The number of aromatic nitrogens is 1. The quantitative estimate of drug-likeness (QED) is 0.939. The van der Waals surface area contributed by atoms with Gasteiger partial charge in [0.05, 0.1) is 9.21 Å². The highest BCUT2D eigenvalue weighted by Crippen LogP contribution is 2.31. The molecule has 1 atom stereocenters. The van der Waals surface area contributed by atoms with Crippen molar-refractivity contribution in [3.8, 4) is 10.6 Å². The van der Waals surface area contributed by atoms with Crippen molar-refractivity contribution in [2.24, 2.45) is 5.92 Å². The fourth-order valence-corrected chi connectivity index (χ4v) is 3.56. The predicted molar refractivity (Wildman–Crippen MR) is 82.8 cm³/mol. The van der Waals surface area contributed by atoms with Crippen molar-refractivity contribution < 1.29 is 9.32 Å². The Morgan fingerprint density at radius 2 is 2.48 bits per heavy atom. The van der Waals surface area contributed by atoms with Crippen molar-refractivity contribution in [2.45, 2.75) is 6.42 Å². The number of carbonyl (C=O) groups is 1. The number of likely N-dealkylation sites (tertiary alicyclic amines) is 1. The molecule has 5 nitrogen and oxygen atoms in total. The SMILES string of the molecule is CNCC1CCN(C(=O)c2cc(-c3ccc(Cl)s3)on2)C1. The maximum atomic E-state index is 12.4. The van der Waals surface area contributed by atoms with Crippen LogP contribution >= 0.6 is 22.9 Å². The number of halogens is 1. The first kappa shape index (κ1) is 14.6. The van der Waals surface area contributed by atoms with Gasteiger partial charge in [0.25, 0.3) is 5.91 Å². The molecular formula is C14H16ClN3O2S. The molecule has 1 amide bonds. The van der Waals surface area contributed by atoms with Crippen molar-refractivity contribution in [1.29, 1.82) is 0 Å². The van der Waals surface area contributed by atoms with Gasteiger partial charge >= 0.3 is 0 Å². The van der Waals surface area contributed by atoms with Crippen molar-refractivity contribution in [3.05, 3.63) is 28.2 Å². The van der Waals surface area contributed by atoms with E-state index in [0.29, 0.717) is 21.7 Å². The molecule has 21 heavy (non-hydrogen) atoms. The number of nitrogens with one attached hydrogen (secondary N) is 1. The molecule has 2 aromatic heterocycles. The lowest BCUT2D eigenvalue weighted by Crippen LogP contribution is -2.30. The summed E-state index contributed by atoms with van der Waals surface area (Å²) >= 11 is 7.31. The highest BCUT2D eigenvalue weighted by molar-refractivity contribution is 7.19. The van der Waals surface area contributed by atoms with Crippen LogP contribution in [0.2, 0.25) is 4.34 Å². The van der Waals surface area contributed by atoms with Crippen molar-refractivity contribution in [3.63, 3.8) is 0 Å². The summed E-state index contributed by atoms with van der Waals surface area (Å²) in [6.07, 6.45) is 1.03. The van der Waals surface area contributed by atoms with Gasteiger partial charge in [-0.2, -0.15) is 0 Å². The third-order valence-electron chi connectivity index (χ3n) is 3.61. The largest absolute Gasteiger partial charge is 0.355 e. The standard InChI is InChI=1S/C14H16ClN3O2S/c1-16-7-9-4-5-18(8-9)14(19)10-6-11(20-17-10)12-2-3-13(15)21-12/h2-3,6,9,16H,4-5,7-8H2,1H3. The Kier molecular flexibility index (Phi) is 4.28. The molecule has 0 saturated carbocycles. The van der Waals surface area contributed by atoms with Crippen molar-refractivity contribution in [2.75, 3.05) is 26.7 Å². The third-order valence-corrected chi connectivity index (χ3v) is 4.86. The Labute approximate surface area is 131 Å². The molecule has 3 heterocycles. The van der Waals surface area contributed by atoms with Crippen LogP contribution in [0.25, 0.3) is 10.6 Å². The Balaban J connectivity index is 1.70. The van der Waals surface area contributed by atoms with Gasteiger partial charge in [0.2, 0.25) is 0 Å². The smallest absolute Gasteiger partial charge is 0.276 e. The maximum Gasteiger partial charge on any atom is 0.276 e. The normalized spacial score (nSPS) is 18.4. The first-order chi connectivity index (χ1) is 10.2. The van der Waals surface area contributed by atoms with E-state index in [9.17, 15) is 4.79 Å². The fraction of sp³-hybridized carbons (Fsp3) is 0.429. The van der Waals surface area contributed by atoms with Gasteiger partial charge in [-0.15, -0.1) is 11.3 Å². The van der Waals surface area contributed by atoms with Crippen LogP contribution in [0, 0.1) is 5.92 Å². The maximum absolute atomic E-state index is 12.4. The van der Waals surface area contributed by atoms with Crippen LogP contribution in [-0.4, -0.2) is 42.6 Å². The molecule has 2 aromatic rings. The van der Waals surface area contributed by atoms with Crippen LogP contribution in [0.5, 0.6) is 0 Å². The van der Waals surface area contributed by atoms with Crippen LogP contribution in [0.4, 0.5) is 0 Å². The van der Waals surface area contributed by atoms with Crippen LogP contribution < -0.4 is 5.32 Å². The van der Waals surface area contributed by atoms with Gasteiger partial charge in [-0.3, -0.25) is 4.79 Å². The molecule has 7 heteroatoms. The molecule has 1 N–H and O–H groups in total. The molecule has 1 fully saturated rings. The average molecular weight is 326 g/mol. The topological polar surface area (TPSA) is 58.4 Å². The zero-order valence-corrected chi connectivity index (χ0v) is 13.2. The fourth-order valence-electron chi connectivity index (χ4n) is 2.57. The number of rotatable bonds is 4. The Morgan fingerprint density at radius 1 is 1.62 bits per heavy atom. The highest BCUT2D eigenvalue weighted by Gasteiger charge is 2.28. The van der Waals surface area contributed by atoms with Crippen LogP contribution in [0.15, 0.2) is 22.7 Å². The lowest BCUT2D eigenvalue weighted by molar-refractivity contribution is 0.0777. The van der Waals surface area contributed by atoms with E-state index in [1.165, 1.54) is 11.3 Å². The van der Waals surface area contributed by atoms with E-state index in [1.807, 2.05) is 18.0 Å². The number of amides is 1.